The number of carbonyl (C=O) groups is 2. The quantitative estimate of drug-likeness (QED) is 0.431. The smallest absolute Gasteiger partial charge is 0.255 e. The van der Waals surface area contributed by atoms with Crippen molar-refractivity contribution in [1.29, 1.82) is 0 Å². The zero-order valence-corrected chi connectivity index (χ0v) is 17.6. The lowest BCUT2D eigenvalue weighted by Crippen LogP contribution is -2.15. The molecule has 0 radical (unpaired) electrons. The second kappa shape index (κ2) is 8.70. The van der Waals surface area contributed by atoms with Gasteiger partial charge in [-0.15, -0.1) is 0 Å². The second-order valence-corrected chi connectivity index (χ2v) is 7.65. The van der Waals surface area contributed by atoms with Crippen LogP contribution in [0, 0.1) is 16.3 Å². The van der Waals surface area contributed by atoms with Crippen LogP contribution in [-0.4, -0.2) is 11.8 Å². The summed E-state index contributed by atoms with van der Waals surface area (Å²) in [5, 5.41) is 5.36. The lowest BCUT2D eigenvalue weighted by molar-refractivity contribution is 0.101. The molecule has 0 atom stereocenters. The van der Waals surface area contributed by atoms with Crippen molar-refractivity contribution in [2.24, 2.45) is 0 Å². The summed E-state index contributed by atoms with van der Waals surface area (Å²) in [7, 11) is 0. The first-order valence-electron chi connectivity index (χ1n) is 8.27. The van der Waals surface area contributed by atoms with Crippen molar-refractivity contribution in [3.05, 3.63) is 91.8 Å². The summed E-state index contributed by atoms with van der Waals surface area (Å²) >= 11 is 7.91. The molecule has 3 rings (SSSR count). The summed E-state index contributed by atoms with van der Waals surface area (Å²) in [6.45, 7) is 1.97. The molecule has 0 saturated heterocycles. The first kappa shape index (κ1) is 20.3. The maximum Gasteiger partial charge on any atom is 0.255 e. The summed E-state index contributed by atoms with van der Waals surface area (Å²) < 4.78 is 14.2. The van der Waals surface area contributed by atoms with Crippen LogP contribution in [0.15, 0.2) is 60.7 Å². The number of aryl methyl sites for hydroxylation is 1. The van der Waals surface area contributed by atoms with Crippen LogP contribution in [0.1, 0.15) is 26.3 Å². The van der Waals surface area contributed by atoms with Crippen molar-refractivity contribution in [3.8, 4) is 0 Å². The fourth-order valence-electron chi connectivity index (χ4n) is 2.45. The number of nitrogens with one attached hydrogen (secondary N) is 2. The Labute approximate surface area is 180 Å². The maximum absolute atomic E-state index is 13.2. The van der Waals surface area contributed by atoms with E-state index >= 15 is 0 Å². The SMILES string of the molecule is Cc1ccc(C(=O)Nc2cccc(C(=O)Nc3ccc(F)c(Cl)c3)c2)cc1I. The number of rotatable bonds is 4. The Balaban J connectivity index is 1.74. The minimum Gasteiger partial charge on any atom is -0.322 e. The molecule has 2 amide bonds. The highest BCUT2D eigenvalue weighted by molar-refractivity contribution is 14.1. The molecule has 28 heavy (non-hydrogen) atoms. The van der Waals surface area contributed by atoms with Gasteiger partial charge in [0.1, 0.15) is 5.82 Å². The fraction of sp³-hybridized carbons (Fsp3) is 0.0476. The summed E-state index contributed by atoms with van der Waals surface area (Å²) in [6.07, 6.45) is 0. The number of hydrogen-bond donors (Lipinski definition) is 2. The average molecular weight is 509 g/mol. The number of hydrogen-bond acceptors (Lipinski definition) is 2. The normalized spacial score (nSPS) is 10.4. The molecule has 0 saturated carbocycles. The molecule has 0 aliphatic carbocycles. The Bertz CT molecular complexity index is 1070. The zero-order valence-electron chi connectivity index (χ0n) is 14.7. The second-order valence-electron chi connectivity index (χ2n) is 6.08. The van der Waals surface area contributed by atoms with Gasteiger partial charge in [0.25, 0.3) is 11.8 Å². The minimum absolute atomic E-state index is 0.0773. The molecular weight excluding hydrogens is 494 g/mol. The first-order chi connectivity index (χ1) is 13.3. The van der Waals surface area contributed by atoms with Gasteiger partial charge in [-0.1, -0.05) is 23.7 Å². The number of halogens is 3. The molecule has 7 heteroatoms. The van der Waals surface area contributed by atoms with Gasteiger partial charge in [-0.3, -0.25) is 9.59 Å². The summed E-state index contributed by atoms with van der Waals surface area (Å²) in [5.74, 6) is -1.22. The van der Waals surface area contributed by atoms with E-state index in [0.29, 0.717) is 22.5 Å². The number of amides is 2. The molecule has 2 N–H and O–H groups in total. The topological polar surface area (TPSA) is 58.2 Å². The van der Waals surface area contributed by atoms with E-state index in [1.807, 2.05) is 13.0 Å². The Morgan fingerprint density at radius 3 is 2.18 bits per heavy atom. The molecule has 0 spiro atoms. The summed E-state index contributed by atoms with van der Waals surface area (Å²) in [4.78, 5) is 24.9. The molecular formula is C21H15ClFIN2O2. The predicted molar refractivity (Wildman–Crippen MR) is 118 cm³/mol. The van der Waals surface area contributed by atoms with Crippen LogP contribution in [0.25, 0.3) is 0 Å². The van der Waals surface area contributed by atoms with E-state index in [4.69, 9.17) is 11.6 Å². The highest BCUT2D eigenvalue weighted by atomic mass is 127. The van der Waals surface area contributed by atoms with Crippen molar-refractivity contribution in [2.45, 2.75) is 6.92 Å². The van der Waals surface area contributed by atoms with Gasteiger partial charge in [-0.05, 0) is 83.6 Å². The molecule has 0 unspecified atom stereocenters. The van der Waals surface area contributed by atoms with Crippen molar-refractivity contribution in [1.82, 2.24) is 0 Å². The van der Waals surface area contributed by atoms with Gasteiger partial charge in [-0.2, -0.15) is 0 Å². The van der Waals surface area contributed by atoms with Crippen LogP contribution in [0.4, 0.5) is 15.8 Å². The molecule has 0 aromatic heterocycles. The van der Waals surface area contributed by atoms with Crippen molar-refractivity contribution in [3.63, 3.8) is 0 Å². The molecule has 4 nitrogen and oxygen atoms in total. The van der Waals surface area contributed by atoms with Crippen molar-refractivity contribution in [2.75, 3.05) is 10.6 Å². The third-order valence-corrected chi connectivity index (χ3v) is 5.45. The summed E-state index contributed by atoms with van der Waals surface area (Å²) in [6, 6.07) is 15.9. The van der Waals surface area contributed by atoms with Gasteiger partial charge in [0.05, 0.1) is 5.02 Å². The van der Waals surface area contributed by atoms with E-state index < -0.39 is 11.7 Å². The highest BCUT2D eigenvalue weighted by Gasteiger charge is 2.11. The van der Waals surface area contributed by atoms with Crippen LogP contribution in [-0.2, 0) is 0 Å². The van der Waals surface area contributed by atoms with E-state index in [1.54, 1.807) is 36.4 Å². The largest absolute Gasteiger partial charge is 0.322 e. The molecule has 142 valence electrons. The standard InChI is InChI=1S/C21H15ClFIN2O2/c1-12-5-6-14(10-19(12)24)21(28)25-15-4-2-3-13(9-15)20(27)26-16-7-8-18(23)17(22)11-16/h2-11H,1H3,(H,25,28)(H,26,27). The maximum atomic E-state index is 13.2. The van der Waals surface area contributed by atoms with E-state index in [9.17, 15) is 14.0 Å². The van der Waals surface area contributed by atoms with E-state index in [-0.39, 0.29) is 10.9 Å². The molecule has 0 fully saturated rings. The zero-order chi connectivity index (χ0) is 20.3. The summed E-state index contributed by atoms with van der Waals surface area (Å²) in [5.41, 5.74) is 2.84. The van der Waals surface area contributed by atoms with Gasteiger partial charge in [0, 0.05) is 26.1 Å². The predicted octanol–water partition coefficient (Wildman–Crippen LogP) is 5.90. The Morgan fingerprint density at radius 2 is 1.54 bits per heavy atom. The van der Waals surface area contributed by atoms with Crippen LogP contribution < -0.4 is 10.6 Å². The Morgan fingerprint density at radius 1 is 0.893 bits per heavy atom. The minimum atomic E-state index is -0.560. The Kier molecular flexibility index (Phi) is 6.31. The van der Waals surface area contributed by atoms with Gasteiger partial charge >= 0.3 is 0 Å². The lowest BCUT2D eigenvalue weighted by atomic mass is 10.1. The van der Waals surface area contributed by atoms with Crippen LogP contribution >= 0.6 is 34.2 Å². The third-order valence-electron chi connectivity index (χ3n) is 3.99. The molecule has 3 aromatic rings. The van der Waals surface area contributed by atoms with Crippen molar-refractivity contribution >= 4 is 57.4 Å². The Hall–Kier alpha value is -2.45. The van der Waals surface area contributed by atoms with E-state index in [1.165, 1.54) is 18.2 Å². The van der Waals surface area contributed by atoms with Crippen molar-refractivity contribution < 1.29 is 14.0 Å². The van der Waals surface area contributed by atoms with Crippen LogP contribution in [0.3, 0.4) is 0 Å². The van der Waals surface area contributed by atoms with E-state index in [2.05, 4.69) is 33.2 Å². The average Bonchev–Trinajstić information content (AvgIpc) is 2.67. The number of carbonyl (C=O) groups excluding carboxylic acids is 2. The monoisotopic (exact) mass is 508 g/mol. The molecule has 0 aliphatic heterocycles. The van der Waals surface area contributed by atoms with Gasteiger partial charge < -0.3 is 10.6 Å². The highest BCUT2D eigenvalue weighted by Crippen LogP contribution is 2.21. The molecule has 0 aliphatic rings. The number of benzene rings is 3. The first-order valence-corrected chi connectivity index (χ1v) is 9.73. The fourth-order valence-corrected chi connectivity index (χ4v) is 3.15. The number of anilines is 2. The molecule has 3 aromatic carbocycles. The van der Waals surface area contributed by atoms with E-state index in [0.717, 1.165) is 9.13 Å². The van der Waals surface area contributed by atoms with Gasteiger partial charge in [0.2, 0.25) is 0 Å². The molecule has 0 heterocycles. The van der Waals surface area contributed by atoms with Crippen LogP contribution in [0.5, 0.6) is 0 Å². The van der Waals surface area contributed by atoms with Crippen LogP contribution in [0.2, 0.25) is 5.02 Å². The molecule has 0 bridgehead atoms. The third kappa shape index (κ3) is 4.88. The van der Waals surface area contributed by atoms with Gasteiger partial charge in [-0.25, -0.2) is 4.39 Å². The van der Waals surface area contributed by atoms with Gasteiger partial charge in [0.15, 0.2) is 0 Å². The lowest BCUT2D eigenvalue weighted by Gasteiger charge is -2.09.